The molecule has 122 valence electrons. The summed E-state index contributed by atoms with van der Waals surface area (Å²) in [6.07, 6.45) is 1.33. The molecule has 0 atom stereocenters. The molecule has 0 bridgehead atoms. The molecule has 1 aromatic heterocycles. The number of H-pyrrole nitrogens is 1. The maximum atomic E-state index is 11.7. The minimum Gasteiger partial charge on any atom is -0.480 e. The topological polar surface area (TPSA) is 114 Å². The van der Waals surface area contributed by atoms with Gasteiger partial charge in [-0.2, -0.15) is 0 Å². The molecule has 0 radical (unpaired) electrons. The van der Waals surface area contributed by atoms with Gasteiger partial charge in [-0.05, 0) is 18.2 Å². The van der Waals surface area contributed by atoms with E-state index in [1.165, 1.54) is 18.3 Å². The number of pyridine rings is 1. The number of hydrogen-bond acceptors (Lipinski definition) is 4. The molecule has 2 amide bonds. The number of amides is 2. The first-order valence-electron chi connectivity index (χ1n) is 7.02. The van der Waals surface area contributed by atoms with Crippen molar-refractivity contribution in [2.45, 2.75) is 0 Å². The summed E-state index contributed by atoms with van der Waals surface area (Å²) in [7, 11) is 0. The van der Waals surface area contributed by atoms with Gasteiger partial charge in [-0.1, -0.05) is 24.0 Å². The van der Waals surface area contributed by atoms with Crippen molar-refractivity contribution in [2.24, 2.45) is 5.73 Å². The second-order valence-electron chi connectivity index (χ2n) is 4.63. The first kappa shape index (κ1) is 16.8. The Bertz CT molecular complexity index is 841. The van der Waals surface area contributed by atoms with E-state index in [-0.39, 0.29) is 30.2 Å². The van der Waals surface area contributed by atoms with Crippen LogP contribution in [-0.2, 0) is 0 Å². The van der Waals surface area contributed by atoms with Gasteiger partial charge in [0.2, 0.25) is 5.56 Å². The summed E-state index contributed by atoms with van der Waals surface area (Å²) in [5.74, 6) is 4.87. The van der Waals surface area contributed by atoms with Gasteiger partial charge in [0.1, 0.15) is 12.4 Å². The van der Waals surface area contributed by atoms with Crippen LogP contribution in [0.5, 0.6) is 5.75 Å². The second-order valence-corrected chi connectivity index (χ2v) is 4.63. The van der Waals surface area contributed by atoms with Gasteiger partial charge in [0, 0.05) is 12.3 Å². The summed E-state index contributed by atoms with van der Waals surface area (Å²) in [5.41, 5.74) is 5.58. The summed E-state index contributed by atoms with van der Waals surface area (Å²) < 4.78 is 5.38. The normalized spacial score (nSPS) is 9.50. The minimum absolute atomic E-state index is 0.0544. The zero-order chi connectivity index (χ0) is 17.4. The molecule has 2 aromatic rings. The molecule has 0 aliphatic carbocycles. The van der Waals surface area contributed by atoms with Gasteiger partial charge in [0.05, 0.1) is 17.7 Å². The summed E-state index contributed by atoms with van der Waals surface area (Å²) in [6.45, 7) is 0.178. The predicted octanol–water partition coefficient (Wildman–Crippen LogP) is 0.286. The molecular weight excluding hydrogens is 310 g/mol. The lowest BCUT2D eigenvalue weighted by molar-refractivity contribution is 0.0956. The third kappa shape index (κ3) is 4.74. The summed E-state index contributed by atoms with van der Waals surface area (Å²) in [6, 6.07) is 9.29. The highest BCUT2D eigenvalue weighted by molar-refractivity contribution is 5.95. The highest BCUT2D eigenvalue weighted by Crippen LogP contribution is 2.16. The Morgan fingerprint density at radius 3 is 2.67 bits per heavy atom. The van der Waals surface area contributed by atoms with Crippen LogP contribution in [0, 0.1) is 11.8 Å². The van der Waals surface area contributed by atoms with Crippen LogP contribution in [0.25, 0.3) is 0 Å². The number of ether oxygens (including phenoxy) is 1. The molecule has 1 heterocycles. The Labute approximate surface area is 137 Å². The molecule has 2 rings (SSSR count). The molecule has 0 aliphatic rings. The number of benzene rings is 1. The van der Waals surface area contributed by atoms with Gasteiger partial charge in [0.15, 0.2) is 0 Å². The highest BCUT2D eigenvalue weighted by Gasteiger charge is 2.07. The maximum Gasteiger partial charge on any atom is 0.253 e. The SMILES string of the molecule is NC(=O)c1ccccc1OCC#CCNC(=O)c1ccc(=O)[nH]c1. The Hall–Kier alpha value is -3.53. The van der Waals surface area contributed by atoms with Crippen LogP contribution in [0.1, 0.15) is 20.7 Å². The van der Waals surface area contributed by atoms with E-state index in [0.29, 0.717) is 11.3 Å². The largest absolute Gasteiger partial charge is 0.480 e. The van der Waals surface area contributed by atoms with Gasteiger partial charge >= 0.3 is 0 Å². The molecule has 4 N–H and O–H groups in total. The van der Waals surface area contributed by atoms with Gasteiger partial charge in [-0.25, -0.2) is 0 Å². The molecule has 0 aliphatic heterocycles. The molecule has 7 heteroatoms. The Kier molecular flexibility index (Phi) is 5.75. The smallest absolute Gasteiger partial charge is 0.253 e. The van der Waals surface area contributed by atoms with Crippen molar-refractivity contribution in [3.63, 3.8) is 0 Å². The molecule has 1 aromatic carbocycles. The lowest BCUT2D eigenvalue weighted by Gasteiger charge is -2.05. The van der Waals surface area contributed by atoms with Crippen molar-refractivity contribution in [2.75, 3.05) is 13.2 Å². The van der Waals surface area contributed by atoms with Gasteiger partial charge in [-0.15, -0.1) is 0 Å². The third-order valence-corrected chi connectivity index (χ3v) is 2.96. The Morgan fingerprint density at radius 2 is 1.96 bits per heavy atom. The number of aromatic amines is 1. The average Bonchev–Trinajstić information content (AvgIpc) is 2.58. The fourth-order valence-corrected chi connectivity index (χ4v) is 1.80. The van der Waals surface area contributed by atoms with Crippen molar-refractivity contribution in [1.82, 2.24) is 10.3 Å². The fraction of sp³-hybridized carbons (Fsp3) is 0.118. The molecule has 7 nitrogen and oxygen atoms in total. The maximum absolute atomic E-state index is 11.7. The zero-order valence-electron chi connectivity index (χ0n) is 12.7. The highest BCUT2D eigenvalue weighted by atomic mass is 16.5. The van der Waals surface area contributed by atoms with E-state index in [4.69, 9.17) is 10.5 Å². The number of carbonyl (C=O) groups is 2. The van der Waals surface area contributed by atoms with Crippen molar-refractivity contribution >= 4 is 11.8 Å². The van der Waals surface area contributed by atoms with Crippen LogP contribution in [-0.4, -0.2) is 29.9 Å². The first-order valence-corrected chi connectivity index (χ1v) is 7.02. The Morgan fingerprint density at radius 1 is 1.17 bits per heavy atom. The molecule has 0 unspecified atom stereocenters. The lowest BCUT2D eigenvalue weighted by atomic mass is 10.2. The van der Waals surface area contributed by atoms with E-state index >= 15 is 0 Å². The first-order chi connectivity index (χ1) is 11.6. The van der Waals surface area contributed by atoms with Crippen LogP contribution in [0.15, 0.2) is 47.4 Å². The Balaban J connectivity index is 1.80. The summed E-state index contributed by atoms with van der Waals surface area (Å²) >= 11 is 0. The number of para-hydroxylation sites is 1. The van der Waals surface area contributed by atoms with E-state index in [1.54, 1.807) is 24.3 Å². The zero-order valence-corrected chi connectivity index (χ0v) is 12.7. The minimum atomic E-state index is -0.577. The van der Waals surface area contributed by atoms with Crippen LogP contribution in [0.4, 0.5) is 0 Å². The van der Waals surface area contributed by atoms with E-state index in [2.05, 4.69) is 22.1 Å². The number of primary amides is 1. The second kappa shape index (κ2) is 8.19. The van der Waals surface area contributed by atoms with Crippen molar-refractivity contribution in [1.29, 1.82) is 0 Å². The van der Waals surface area contributed by atoms with E-state index in [0.717, 1.165) is 0 Å². The van der Waals surface area contributed by atoms with Crippen LogP contribution in [0.2, 0.25) is 0 Å². The predicted molar refractivity (Wildman–Crippen MR) is 87.6 cm³/mol. The third-order valence-electron chi connectivity index (χ3n) is 2.96. The molecule has 0 saturated carbocycles. The van der Waals surface area contributed by atoms with E-state index in [9.17, 15) is 14.4 Å². The number of nitrogens with one attached hydrogen (secondary N) is 2. The van der Waals surface area contributed by atoms with Crippen molar-refractivity contribution < 1.29 is 14.3 Å². The standard InChI is InChI=1S/C17H15N3O4/c18-16(22)13-5-1-2-6-14(13)24-10-4-3-9-19-17(23)12-7-8-15(21)20-11-12/h1-2,5-8,11H,9-10H2,(H2,18,22)(H,19,23)(H,20,21). The van der Waals surface area contributed by atoms with Crippen molar-refractivity contribution in [3.8, 4) is 17.6 Å². The van der Waals surface area contributed by atoms with Crippen LogP contribution in [0.3, 0.4) is 0 Å². The molecule has 0 spiro atoms. The molecule has 24 heavy (non-hydrogen) atoms. The van der Waals surface area contributed by atoms with Gasteiger partial charge < -0.3 is 20.8 Å². The number of hydrogen-bond donors (Lipinski definition) is 3. The number of nitrogens with two attached hydrogens (primary N) is 1. The number of aromatic nitrogens is 1. The molecular formula is C17H15N3O4. The van der Waals surface area contributed by atoms with Gasteiger partial charge in [0.25, 0.3) is 11.8 Å². The molecule has 0 saturated heterocycles. The number of rotatable bonds is 5. The van der Waals surface area contributed by atoms with Crippen LogP contribution >= 0.6 is 0 Å². The number of carbonyl (C=O) groups excluding carboxylic acids is 2. The lowest BCUT2D eigenvalue weighted by Crippen LogP contribution is -2.24. The fourth-order valence-electron chi connectivity index (χ4n) is 1.80. The average molecular weight is 325 g/mol. The molecule has 0 fully saturated rings. The quantitative estimate of drug-likeness (QED) is 0.685. The summed E-state index contributed by atoms with van der Waals surface area (Å²) in [5, 5.41) is 2.58. The summed E-state index contributed by atoms with van der Waals surface area (Å²) in [4.78, 5) is 36.3. The van der Waals surface area contributed by atoms with Crippen molar-refractivity contribution in [3.05, 3.63) is 64.1 Å². The monoisotopic (exact) mass is 325 g/mol. The van der Waals surface area contributed by atoms with E-state index in [1.807, 2.05) is 0 Å². The van der Waals surface area contributed by atoms with Gasteiger partial charge in [-0.3, -0.25) is 14.4 Å². The van der Waals surface area contributed by atoms with E-state index < -0.39 is 5.91 Å². The van der Waals surface area contributed by atoms with Crippen LogP contribution < -0.4 is 21.3 Å².